The van der Waals surface area contributed by atoms with Gasteiger partial charge in [0.2, 0.25) is 5.91 Å². The standard InChI is InChI=1S/C31H37FN6O3/c1-3-28(40)38-16-15-37(18-23(38)12-13-33)30-26(11-10-22-17-21-7-4-5-9-25(21)29(22)32)27(19-39)34-31(35-30)41-20-24-8-6-14-36(24)2/h3-5,7,9,19,22-24,29H,1,6,8,10-12,14-18,20H2,2H3/t22-,23?,24?,29?/m1/s1. The summed E-state index contributed by atoms with van der Waals surface area (Å²) in [6, 6.07) is 9.81. The number of hydrogen-bond acceptors (Lipinski definition) is 8. The molecule has 41 heavy (non-hydrogen) atoms. The van der Waals surface area contributed by atoms with Gasteiger partial charge in [0.15, 0.2) is 6.29 Å². The van der Waals surface area contributed by atoms with Crippen LogP contribution in [0.2, 0.25) is 0 Å². The van der Waals surface area contributed by atoms with E-state index >= 15 is 4.39 Å². The molecule has 0 N–H and O–H groups in total. The summed E-state index contributed by atoms with van der Waals surface area (Å²) in [5, 5.41) is 9.46. The van der Waals surface area contributed by atoms with Crippen molar-refractivity contribution in [2.75, 3.05) is 44.7 Å². The van der Waals surface area contributed by atoms with Crippen LogP contribution in [0.4, 0.5) is 10.2 Å². The van der Waals surface area contributed by atoms with Crippen LogP contribution in [-0.2, 0) is 17.6 Å². The number of aldehydes is 1. The summed E-state index contributed by atoms with van der Waals surface area (Å²) in [4.78, 5) is 40.0. The first-order valence-corrected chi connectivity index (χ1v) is 14.4. The summed E-state index contributed by atoms with van der Waals surface area (Å²) in [6.45, 7) is 6.21. The molecule has 0 bridgehead atoms. The molecule has 216 valence electrons. The van der Waals surface area contributed by atoms with E-state index in [1.54, 1.807) is 4.90 Å². The summed E-state index contributed by atoms with van der Waals surface area (Å²) in [6.07, 6.45) is 4.78. The first-order chi connectivity index (χ1) is 19.9. The number of likely N-dealkylation sites (N-methyl/N-ethyl adjacent to an activating group) is 1. The SMILES string of the molecule is C=CC(=O)N1CCN(c2nc(OCC3CCCN3C)nc(C=O)c2CC[C@@H]2Cc3ccccc3C2F)CC1CC#N. The molecular weight excluding hydrogens is 523 g/mol. The average Bonchev–Trinajstić information content (AvgIpc) is 3.56. The summed E-state index contributed by atoms with van der Waals surface area (Å²) in [5.41, 5.74) is 2.65. The third-order valence-electron chi connectivity index (χ3n) is 8.76. The molecule has 5 rings (SSSR count). The van der Waals surface area contributed by atoms with Gasteiger partial charge in [0, 0.05) is 31.2 Å². The van der Waals surface area contributed by atoms with Gasteiger partial charge in [0.1, 0.15) is 24.3 Å². The number of aromatic nitrogens is 2. The van der Waals surface area contributed by atoms with Crippen molar-refractivity contribution in [3.05, 3.63) is 59.3 Å². The minimum atomic E-state index is -1.06. The molecule has 2 saturated heterocycles. The van der Waals surface area contributed by atoms with Crippen molar-refractivity contribution in [1.29, 1.82) is 5.26 Å². The highest BCUT2D eigenvalue weighted by atomic mass is 19.1. The molecule has 1 amide bonds. The fraction of sp³-hybridized carbons (Fsp3) is 0.516. The molecule has 4 atom stereocenters. The lowest BCUT2D eigenvalue weighted by Gasteiger charge is -2.41. The highest BCUT2D eigenvalue weighted by molar-refractivity contribution is 5.87. The Morgan fingerprint density at radius 2 is 2.07 bits per heavy atom. The zero-order valence-corrected chi connectivity index (χ0v) is 23.5. The lowest BCUT2D eigenvalue weighted by atomic mass is 9.95. The van der Waals surface area contributed by atoms with Crippen molar-refractivity contribution in [2.24, 2.45) is 5.92 Å². The molecule has 3 aliphatic rings. The van der Waals surface area contributed by atoms with Crippen molar-refractivity contribution in [2.45, 2.75) is 56.8 Å². The third kappa shape index (κ3) is 6.10. The maximum atomic E-state index is 15.3. The van der Waals surface area contributed by atoms with Gasteiger partial charge >= 0.3 is 6.01 Å². The van der Waals surface area contributed by atoms with Crippen LogP contribution in [0.5, 0.6) is 6.01 Å². The first-order valence-electron chi connectivity index (χ1n) is 14.4. The van der Waals surface area contributed by atoms with E-state index in [0.717, 1.165) is 36.8 Å². The number of carbonyl (C=O) groups excluding carboxylic acids is 2. The van der Waals surface area contributed by atoms with Gasteiger partial charge in [-0.05, 0) is 68.8 Å². The minimum absolute atomic E-state index is 0.129. The van der Waals surface area contributed by atoms with E-state index in [2.05, 4.69) is 29.6 Å². The number of amides is 1. The number of anilines is 1. The largest absolute Gasteiger partial charge is 0.462 e. The fourth-order valence-electron chi connectivity index (χ4n) is 6.43. The maximum Gasteiger partial charge on any atom is 0.319 e. The Kier molecular flexibility index (Phi) is 8.93. The summed E-state index contributed by atoms with van der Waals surface area (Å²) in [7, 11) is 2.06. The second-order valence-electron chi connectivity index (χ2n) is 11.2. The number of likely N-dealkylation sites (tertiary alicyclic amines) is 1. The van der Waals surface area contributed by atoms with Gasteiger partial charge in [-0.2, -0.15) is 15.2 Å². The highest BCUT2D eigenvalue weighted by Gasteiger charge is 2.35. The Morgan fingerprint density at radius 1 is 1.24 bits per heavy atom. The molecule has 3 unspecified atom stereocenters. The van der Waals surface area contributed by atoms with Crippen LogP contribution in [0.15, 0.2) is 36.9 Å². The molecule has 2 aromatic rings. The number of rotatable bonds is 10. The molecule has 0 radical (unpaired) electrons. The van der Waals surface area contributed by atoms with E-state index < -0.39 is 6.17 Å². The molecule has 0 saturated carbocycles. The van der Waals surface area contributed by atoms with Crippen molar-refractivity contribution < 1.29 is 18.7 Å². The molecule has 3 heterocycles. The van der Waals surface area contributed by atoms with Gasteiger partial charge < -0.3 is 19.4 Å². The number of ether oxygens (including phenoxy) is 1. The number of piperazine rings is 1. The van der Waals surface area contributed by atoms with E-state index in [4.69, 9.17) is 9.72 Å². The number of carbonyl (C=O) groups is 2. The Morgan fingerprint density at radius 3 is 2.78 bits per heavy atom. The topological polar surface area (TPSA) is 103 Å². The van der Waals surface area contributed by atoms with Gasteiger partial charge in [0.05, 0.1) is 18.5 Å². The van der Waals surface area contributed by atoms with Gasteiger partial charge in [-0.25, -0.2) is 4.39 Å². The predicted molar refractivity (Wildman–Crippen MR) is 153 cm³/mol. The number of alkyl halides is 1. The number of benzene rings is 1. The Hall–Kier alpha value is -3.84. The van der Waals surface area contributed by atoms with Crippen LogP contribution in [0.3, 0.4) is 0 Å². The van der Waals surface area contributed by atoms with Crippen LogP contribution in [0.25, 0.3) is 0 Å². The second kappa shape index (κ2) is 12.8. The Bertz CT molecular complexity index is 1330. The summed E-state index contributed by atoms with van der Waals surface area (Å²) in [5.74, 6) is 0.124. The fourth-order valence-corrected chi connectivity index (χ4v) is 6.43. The second-order valence-corrected chi connectivity index (χ2v) is 11.2. The summed E-state index contributed by atoms with van der Waals surface area (Å²) < 4.78 is 21.4. The van der Waals surface area contributed by atoms with Gasteiger partial charge in [0.25, 0.3) is 0 Å². The van der Waals surface area contributed by atoms with E-state index in [1.807, 2.05) is 29.2 Å². The molecular formula is C31H37FN6O3. The van der Waals surface area contributed by atoms with Gasteiger partial charge in [-0.1, -0.05) is 30.8 Å². The Balaban J connectivity index is 1.42. The van der Waals surface area contributed by atoms with Crippen LogP contribution in [0, 0.1) is 17.2 Å². The van der Waals surface area contributed by atoms with Crippen molar-refractivity contribution in [3.8, 4) is 12.1 Å². The molecule has 0 spiro atoms. The lowest BCUT2D eigenvalue weighted by Crippen LogP contribution is -2.55. The van der Waals surface area contributed by atoms with Crippen LogP contribution in [-0.4, -0.2) is 83.9 Å². The van der Waals surface area contributed by atoms with E-state index in [0.29, 0.717) is 56.9 Å². The lowest BCUT2D eigenvalue weighted by molar-refractivity contribution is -0.128. The van der Waals surface area contributed by atoms with Crippen molar-refractivity contribution in [1.82, 2.24) is 19.8 Å². The van der Waals surface area contributed by atoms with E-state index in [9.17, 15) is 14.9 Å². The third-order valence-corrected chi connectivity index (χ3v) is 8.76. The maximum absolute atomic E-state index is 15.3. The Labute approximate surface area is 240 Å². The molecule has 1 aromatic heterocycles. The van der Waals surface area contributed by atoms with Gasteiger partial charge in [-0.3, -0.25) is 9.59 Å². The van der Waals surface area contributed by atoms with E-state index in [-0.39, 0.29) is 42.0 Å². The van der Waals surface area contributed by atoms with Crippen LogP contribution < -0.4 is 9.64 Å². The van der Waals surface area contributed by atoms with Crippen molar-refractivity contribution in [3.63, 3.8) is 0 Å². The monoisotopic (exact) mass is 560 g/mol. The first kappa shape index (κ1) is 28.7. The van der Waals surface area contributed by atoms with E-state index in [1.165, 1.54) is 6.08 Å². The molecule has 9 nitrogen and oxygen atoms in total. The zero-order chi connectivity index (χ0) is 28.9. The van der Waals surface area contributed by atoms with Crippen LogP contribution >= 0.6 is 0 Å². The summed E-state index contributed by atoms with van der Waals surface area (Å²) >= 11 is 0. The quantitative estimate of drug-likeness (QED) is 0.320. The zero-order valence-electron chi connectivity index (χ0n) is 23.5. The van der Waals surface area contributed by atoms with Gasteiger partial charge in [-0.15, -0.1) is 0 Å². The number of halogens is 1. The number of nitrogens with zero attached hydrogens (tertiary/aromatic N) is 6. The number of fused-ring (bicyclic) bond motifs is 1. The number of nitriles is 1. The number of hydrogen-bond donors (Lipinski definition) is 0. The average molecular weight is 561 g/mol. The molecule has 10 heteroatoms. The molecule has 1 aliphatic carbocycles. The molecule has 2 aliphatic heterocycles. The molecule has 1 aromatic carbocycles. The highest BCUT2D eigenvalue weighted by Crippen LogP contribution is 2.41. The molecule has 2 fully saturated rings. The van der Waals surface area contributed by atoms with Crippen molar-refractivity contribution >= 4 is 18.0 Å². The minimum Gasteiger partial charge on any atom is -0.462 e. The van der Waals surface area contributed by atoms with Crippen LogP contribution in [0.1, 0.15) is 59.0 Å². The predicted octanol–water partition coefficient (Wildman–Crippen LogP) is 3.69. The smallest absolute Gasteiger partial charge is 0.319 e. The normalized spacial score (nSPS) is 24.1.